The number of oxime groups is 1. The van der Waals surface area contributed by atoms with Gasteiger partial charge in [0.1, 0.15) is 7.11 Å². The van der Waals surface area contributed by atoms with Gasteiger partial charge in [-0.25, -0.2) is 0 Å². The first kappa shape index (κ1) is 5.80. The summed E-state index contributed by atoms with van der Waals surface area (Å²) in [5, 5.41) is 11.7. The molecule has 0 atom stereocenters. The number of fused-ring (bicyclic) bond motifs is 1. The summed E-state index contributed by atoms with van der Waals surface area (Å²) in [5.74, 6) is 0. The van der Waals surface area contributed by atoms with E-state index >= 15 is 0 Å². The molecule has 78 valence electrons. The smallest absolute Gasteiger partial charge is 0.104 e. The van der Waals surface area contributed by atoms with Gasteiger partial charge in [-0.1, -0.05) is 18.1 Å². The van der Waals surface area contributed by atoms with E-state index in [1.165, 1.54) is 18.1 Å². The van der Waals surface area contributed by atoms with E-state index in [0.29, 0.717) is 10.9 Å². The quantitative estimate of drug-likeness (QED) is 0.474. The van der Waals surface area contributed by atoms with Gasteiger partial charge in [-0.2, -0.15) is 4.73 Å². The van der Waals surface area contributed by atoms with Gasteiger partial charge in [-0.15, -0.1) is 5.16 Å². The van der Waals surface area contributed by atoms with Crippen LogP contribution in [0.1, 0.15) is 11.0 Å². The lowest BCUT2D eigenvalue weighted by Crippen LogP contribution is -2.02. The van der Waals surface area contributed by atoms with Crippen LogP contribution in [-0.4, -0.2) is 23.3 Å². The van der Waals surface area contributed by atoms with E-state index in [1.807, 2.05) is 0 Å². The zero-order chi connectivity index (χ0) is 14.2. The minimum atomic E-state index is -0.309. The Bertz CT molecular complexity index is 667. The summed E-state index contributed by atoms with van der Waals surface area (Å²) in [4.78, 5) is 5.08. The van der Waals surface area contributed by atoms with Crippen LogP contribution in [0.4, 0.5) is 0 Å². The average Bonchev–Trinajstić information content (AvgIpc) is 2.79. The predicted octanol–water partition coefficient (Wildman–Crippen LogP) is 1.70. The summed E-state index contributed by atoms with van der Waals surface area (Å²) < 4.78 is 32.4. The summed E-state index contributed by atoms with van der Waals surface area (Å²) in [6, 6.07) is -0.900. The third-order valence-electron chi connectivity index (χ3n) is 2.07. The van der Waals surface area contributed by atoms with E-state index < -0.39 is 0 Å². The number of nitrogens with zero attached hydrogens (tertiary/aromatic N) is 2. The Labute approximate surface area is 93.0 Å². The minimum Gasteiger partial charge on any atom is -0.417 e. The van der Waals surface area contributed by atoms with Gasteiger partial charge in [-0.05, 0) is 11.6 Å². The summed E-state index contributed by atoms with van der Waals surface area (Å²) >= 11 is 0. The highest BCUT2D eigenvalue weighted by molar-refractivity contribution is 5.85. The average molecular weight is 208 g/mol. The van der Waals surface area contributed by atoms with Gasteiger partial charge in [-0.3, -0.25) is 0 Å². The minimum absolute atomic E-state index is 0.131. The molecule has 15 heavy (non-hydrogen) atoms. The SMILES string of the molecule is [2H]c1c([2H])c([2H])c2c(c(C/C=N/O)cn2OC)c1[2H]. The molecule has 0 aliphatic heterocycles. The lowest BCUT2D eigenvalue weighted by atomic mass is 10.1. The molecule has 2 aromatic rings. The highest BCUT2D eigenvalue weighted by atomic mass is 16.6. The van der Waals surface area contributed by atoms with Crippen LogP contribution in [0.5, 0.6) is 0 Å². The van der Waals surface area contributed by atoms with E-state index in [4.69, 9.17) is 15.5 Å². The molecule has 4 heteroatoms. The molecule has 0 amide bonds. The first-order valence-corrected chi connectivity index (χ1v) is 4.33. The van der Waals surface area contributed by atoms with Crippen molar-refractivity contribution in [2.24, 2.45) is 5.16 Å². The molecule has 1 aromatic carbocycles. The van der Waals surface area contributed by atoms with E-state index in [9.17, 15) is 0 Å². The fraction of sp³-hybridized carbons (Fsp3) is 0.182. The van der Waals surface area contributed by atoms with Crippen LogP contribution in [0.2, 0.25) is 0 Å². The van der Waals surface area contributed by atoms with Crippen molar-refractivity contribution in [2.75, 3.05) is 7.11 Å². The Kier molecular flexibility index (Phi) is 1.56. The summed E-state index contributed by atoms with van der Waals surface area (Å²) in [5.41, 5.74) is 0.872. The monoisotopic (exact) mass is 208 g/mol. The number of aromatic nitrogens is 1. The number of hydrogen-bond donors (Lipinski definition) is 1. The topological polar surface area (TPSA) is 46.8 Å². The van der Waals surface area contributed by atoms with Gasteiger partial charge in [0.15, 0.2) is 0 Å². The molecule has 0 spiro atoms. The Balaban J connectivity index is 2.87. The Morgan fingerprint density at radius 2 is 2.40 bits per heavy atom. The Morgan fingerprint density at radius 3 is 3.13 bits per heavy atom. The number of para-hydroxylation sites is 1. The van der Waals surface area contributed by atoms with Crippen molar-refractivity contribution < 1.29 is 15.5 Å². The van der Waals surface area contributed by atoms with Crippen molar-refractivity contribution in [3.63, 3.8) is 0 Å². The molecular weight excluding hydrogens is 192 g/mol. The van der Waals surface area contributed by atoms with Crippen molar-refractivity contribution in [1.82, 2.24) is 4.73 Å². The lowest BCUT2D eigenvalue weighted by molar-refractivity contribution is 0.179. The third kappa shape index (κ3) is 1.66. The largest absolute Gasteiger partial charge is 0.417 e. The van der Waals surface area contributed by atoms with Gasteiger partial charge < -0.3 is 10.0 Å². The molecule has 1 N–H and O–H groups in total. The molecule has 0 saturated carbocycles. The van der Waals surface area contributed by atoms with Crippen LogP contribution in [-0.2, 0) is 6.42 Å². The highest BCUT2D eigenvalue weighted by Crippen LogP contribution is 2.20. The fourth-order valence-electron chi connectivity index (χ4n) is 1.41. The molecule has 0 unspecified atom stereocenters. The number of rotatable bonds is 3. The van der Waals surface area contributed by atoms with E-state index in [1.54, 1.807) is 6.20 Å². The van der Waals surface area contributed by atoms with Gasteiger partial charge in [0.05, 0.1) is 11.0 Å². The molecule has 1 aromatic heterocycles. The van der Waals surface area contributed by atoms with Crippen LogP contribution < -0.4 is 4.84 Å². The second kappa shape index (κ2) is 4.04. The van der Waals surface area contributed by atoms with Crippen molar-refractivity contribution in [3.05, 3.63) is 35.9 Å². The summed E-state index contributed by atoms with van der Waals surface area (Å²) in [6.45, 7) is 0. The first-order valence-electron chi connectivity index (χ1n) is 6.33. The third-order valence-corrected chi connectivity index (χ3v) is 2.07. The standard InChI is InChI=1S/C11H12N2O2/c1-15-13-8-9(6-7-12-14)10-4-2-3-5-11(10)13/h2-5,7-8,14H,6H2,1H3/b12-7+/i2D,3D,4D,5D. The van der Waals surface area contributed by atoms with Crippen LogP contribution in [0, 0.1) is 0 Å². The number of benzene rings is 1. The van der Waals surface area contributed by atoms with Crippen LogP contribution in [0.25, 0.3) is 10.9 Å². The fourth-order valence-corrected chi connectivity index (χ4v) is 1.41. The zero-order valence-corrected chi connectivity index (χ0v) is 8.11. The van der Waals surface area contributed by atoms with E-state index in [0.717, 1.165) is 0 Å². The predicted molar refractivity (Wildman–Crippen MR) is 58.4 cm³/mol. The second-order valence-corrected chi connectivity index (χ2v) is 2.89. The first-order chi connectivity index (χ1) is 9.02. The molecule has 0 saturated heterocycles. The molecule has 1 heterocycles. The molecule has 0 bridgehead atoms. The highest BCUT2D eigenvalue weighted by Gasteiger charge is 2.06. The molecule has 0 fully saturated rings. The summed E-state index contributed by atoms with van der Waals surface area (Å²) in [6.07, 6.45) is 3.04. The zero-order valence-electron chi connectivity index (χ0n) is 12.1. The lowest BCUT2D eigenvalue weighted by Gasteiger charge is -2.00. The normalized spacial score (nSPS) is 15.0. The Hall–Kier alpha value is -1.97. The van der Waals surface area contributed by atoms with Crippen LogP contribution >= 0.6 is 0 Å². The van der Waals surface area contributed by atoms with Crippen LogP contribution in [0.15, 0.2) is 35.5 Å². The van der Waals surface area contributed by atoms with Crippen molar-refractivity contribution in [3.8, 4) is 0 Å². The van der Waals surface area contributed by atoms with E-state index in [2.05, 4.69) is 5.16 Å². The molecule has 0 radical (unpaired) electrons. The Morgan fingerprint density at radius 1 is 1.60 bits per heavy atom. The summed E-state index contributed by atoms with van der Waals surface area (Å²) in [7, 11) is 1.41. The maximum atomic E-state index is 8.47. The second-order valence-electron chi connectivity index (χ2n) is 2.89. The van der Waals surface area contributed by atoms with Gasteiger partial charge in [0.25, 0.3) is 0 Å². The molecule has 0 aliphatic rings. The van der Waals surface area contributed by atoms with Gasteiger partial charge in [0, 0.05) is 24.2 Å². The number of hydrogen-bond acceptors (Lipinski definition) is 3. The molecular formula is C11H12N2O2. The molecule has 0 aliphatic carbocycles. The van der Waals surface area contributed by atoms with Gasteiger partial charge in [0.2, 0.25) is 0 Å². The van der Waals surface area contributed by atoms with Crippen molar-refractivity contribution >= 4 is 17.1 Å². The van der Waals surface area contributed by atoms with Crippen molar-refractivity contribution in [1.29, 1.82) is 0 Å². The maximum absolute atomic E-state index is 8.47. The maximum Gasteiger partial charge on any atom is 0.104 e. The molecule has 4 nitrogen and oxygen atoms in total. The van der Waals surface area contributed by atoms with Gasteiger partial charge >= 0.3 is 0 Å². The van der Waals surface area contributed by atoms with Crippen molar-refractivity contribution in [2.45, 2.75) is 6.42 Å². The van der Waals surface area contributed by atoms with E-state index in [-0.39, 0.29) is 36.1 Å². The molecule has 2 rings (SSSR count). The van der Waals surface area contributed by atoms with Crippen LogP contribution in [0.3, 0.4) is 0 Å².